The molecule has 0 spiro atoms. The number of aryl methyl sites for hydroxylation is 1. The van der Waals surface area contributed by atoms with Crippen LogP contribution in [-0.2, 0) is 10.9 Å². The highest BCUT2D eigenvalue weighted by atomic mass is 35.5. The van der Waals surface area contributed by atoms with Crippen LogP contribution < -0.4 is 9.64 Å². The van der Waals surface area contributed by atoms with Crippen molar-refractivity contribution >= 4 is 34.3 Å². The van der Waals surface area contributed by atoms with Gasteiger partial charge in [-0.2, -0.15) is 18.2 Å². The van der Waals surface area contributed by atoms with E-state index in [1.807, 2.05) is 4.90 Å². The second-order valence-electron chi connectivity index (χ2n) is 10.3. The topological polar surface area (TPSA) is 67.8 Å². The lowest BCUT2D eigenvalue weighted by molar-refractivity contribution is -0.137. The van der Waals surface area contributed by atoms with Crippen molar-refractivity contribution in [3.05, 3.63) is 22.2 Å². The summed E-state index contributed by atoms with van der Waals surface area (Å²) in [6.45, 7) is 8.58. The molecule has 3 aliphatic rings. The minimum Gasteiger partial charge on any atom is -0.472 e. The molecule has 0 saturated carbocycles. The van der Waals surface area contributed by atoms with Crippen LogP contribution in [0.4, 0.5) is 28.2 Å². The number of piperazine rings is 1. The smallest absolute Gasteiger partial charge is 0.418 e. The third kappa shape index (κ3) is 3.73. The molecule has 5 rings (SSSR count). The molecule has 0 aliphatic carbocycles. The summed E-state index contributed by atoms with van der Waals surface area (Å²) in [7, 11) is 0. The predicted molar refractivity (Wildman–Crippen MR) is 120 cm³/mol. The summed E-state index contributed by atoms with van der Waals surface area (Å²) in [6, 6.07) is -1.05. The van der Waals surface area contributed by atoms with E-state index < -0.39 is 51.9 Å². The number of alkyl halides is 3. The van der Waals surface area contributed by atoms with E-state index in [1.165, 1.54) is 6.92 Å². The first-order valence-electron chi connectivity index (χ1n) is 11.4. The van der Waals surface area contributed by atoms with Gasteiger partial charge in [-0.3, -0.25) is 4.90 Å². The number of carbonyl (C=O) groups excluding carboxylic acids is 1. The Kier molecular flexibility index (Phi) is 5.32. The van der Waals surface area contributed by atoms with Crippen LogP contribution in [-0.4, -0.2) is 57.3 Å². The van der Waals surface area contributed by atoms with Gasteiger partial charge in [0.15, 0.2) is 11.0 Å². The fourth-order valence-corrected chi connectivity index (χ4v) is 5.84. The number of carbonyl (C=O) groups is 1. The second-order valence-corrected chi connectivity index (χ2v) is 10.7. The molecule has 4 atom stereocenters. The molecule has 2 fully saturated rings. The van der Waals surface area contributed by atoms with Gasteiger partial charge in [-0.05, 0) is 47.5 Å². The average Bonchev–Trinajstić information content (AvgIpc) is 2.96. The SMILES string of the molecule is Cc1nc2c3c(nc(Cl)c(F)c3c1C(F)(F)F)O[C@@H](C)[C@@H]1[C@@H]3CC[C@H](CN21)N3C(=O)OC(C)(C)C. The minimum atomic E-state index is -4.87. The van der Waals surface area contributed by atoms with Crippen LogP contribution in [0.5, 0.6) is 5.88 Å². The highest BCUT2D eigenvalue weighted by molar-refractivity contribution is 6.30. The Bertz CT molecular complexity index is 1230. The molecule has 7 nitrogen and oxygen atoms in total. The first-order chi connectivity index (χ1) is 16.2. The molecule has 190 valence electrons. The highest BCUT2D eigenvalue weighted by Crippen LogP contribution is 2.49. The van der Waals surface area contributed by atoms with Gasteiger partial charge in [0.25, 0.3) is 0 Å². The van der Waals surface area contributed by atoms with Crippen molar-refractivity contribution in [1.82, 2.24) is 14.9 Å². The summed E-state index contributed by atoms with van der Waals surface area (Å²) in [5.41, 5.74) is -2.27. The number of halogens is 5. The van der Waals surface area contributed by atoms with Gasteiger partial charge in [0.05, 0.1) is 34.8 Å². The molecule has 0 aromatic carbocycles. The van der Waals surface area contributed by atoms with E-state index in [1.54, 1.807) is 32.6 Å². The Morgan fingerprint density at radius 3 is 2.49 bits per heavy atom. The molecule has 0 radical (unpaired) electrons. The summed E-state index contributed by atoms with van der Waals surface area (Å²) in [6.07, 6.45) is -4.60. The van der Waals surface area contributed by atoms with Gasteiger partial charge in [0, 0.05) is 11.9 Å². The van der Waals surface area contributed by atoms with Crippen molar-refractivity contribution in [3.8, 4) is 5.88 Å². The number of anilines is 1. The molecular formula is C23H25ClF4N4O3. The molecule has 0 unspecified atom stereocenters. The van der Waals surface area contributed by atoms with Gasteiger partial charge < -0.3 is 14.4 Å². The van der Waals surface area contributed by atoms with Gasteiger partial charge in [0.2, 0.25) is 5.88 Å². The maximum atomic E-state index is 15.2. The van der Waals surface area contributed by atoms with Gasteiger partial charge in [-0.15, -0.1) is 0 Å². The second kappa shape index (κ2) is 7.72. The molecule has 2 bridgehead atoms. The third-order valence-corrected chi connectivity index (χ3v) is 7.07. The normalized spacial score (nSPS) is 25.9. The fourth-order valence-electron chi connectivity index (χ4n) is 5.67. The predicted octanol–water partition coefficient (Wildman–Crippen LogP) is 5.49. The number of ether oxygens (including phenoxy) is 2. The number of hydrogen-bond donors (Lipinski definition) is 0. The molecule has 12 heteroatoms. The quantitative estimate of drug-likeness (QED) is 0.341. The van der Waals surface area contributed by atoms with Crippen molar-refractivity contribution in [2.24, 2.45) is 0 Å². The summed E-state index contributed by atoms with van der Waals surface area (Å²) in [5, 5.41) is -1.58. The summed E-state index contributed by atoms with van der Waals surface area (Å²) in [4.78, 5) is 24.9. The molecule has 0 N–H and O–H groups in total. The van der Waals surface area contributed by atoms with Crippen LogP contribution in [0.15, 0.2) is 0 Å². The molecule has 3 aliphatic heterocycles. The van der Waals surface area contributed by atoms with E-state index in [4.69, 9.17) is 21.1 Å². The molecule has 2 saturated heterocycles. The first kappa shape index (κ1) is 24.1. The van der Waals surface area contributed by atoms with Crippen molar-refractivity contribution in [3.63, 3.8) is 0 Å². The van der Waals surface area contributed by atoms with E-state index in [0.29, 0.717) is 12.8 Å². The number of pyridine rings is 2. The van der Waals surface area contributed by atoms with E-state index in [2.05, 4.69) is 9.97 Å². The molecule has 1 amide bonds. The number of nitrogens with zero attached hydrogens (tertiary/aromatic N) is 4. The number of fused-ring (bicyclic) bond motifs is 5. The number of hydrogen-bond acceptors (Lipinski definition) is 6. The lowest BCUT2D eigenvalue weighted by Crippen LogP contribution is -2.65. The minimum absolute atomic E-state index is 0.152. The zero-order valence-electron chi connectivity index (χ0n) is 19.8. The van der Waals surface area contributed by atoms with Crippen LogP contribution >= 0.6 is 11.6 Å². The lowest BCUT2D eigenvalue weighted by Gasteiger charge is -2.48. The maximum absolute atomic E-state index is 15.2. The van der Waals surface area contributed by atoms with E-state index >= 15 is 4.39 Å². The number of rotatable bonds is 0. The molecule has 5 heterocycles. The van der Waals surface area contributed by atoms with Gasteiger partial charge >= 0.3 is 12.3 Å². The zero-order valence-corrected chi connectivity index (χ0v) is 20.6. The fraction of sp³-hybridized carbons (Fsp3) is 0.609. The van der Waals surface area contributed by atoms with Crippen LogP contribution in [0, 0.1) is 12.7 Å². The Balaban J connectivity index is 1.70. The van der Waals surface area contributed by atoms with E-state index in [9.17, 15) is 18.0 Å². The summed E-state index contributed by atoms with van der Waals surface area (Å²) >= 11 is 5.93. The van der Waals surface area contributed by atoms with Crippen molar-refractivity contribution < 1.29 is 31.8 Å². The standard InChI is InChI=1S/C23H25ClF4N4O3/c1-9-15(23(26,27)28)13-14-19(29-9)31-8-11-6-7-12(32(11)21(33)35-22(3,4)5)17(31)10(2)34-20(14)30-18(24)16(13)25/h10-12,17H,6-8H2,1-5H3/t10-,11+,12-,17+/m0/s1. The third-order valence-electron chi connectivity index (χ3n) is 6.82. The van der Waals surface area contributed by atoms with E-state index in [0.717, 1.165) is 0 Å². The molecular weight excluding hydrogens is 492 g/mol. The van der Waals surface area contributed by atoms with Crippen molar-refractivity contribution in [2.45, 2.75) is 83.5 Å². The van der Waals surface area contributed by atoms with E-state index in [-0.39, 0.29) is 41.4 Å². The average molecular weight is 517 g/mol. The maximum Gasteiger partial charge on any atom is 0.418 e. The van der Waals surface area contributed by atoms with Gasteiger partial charge in [-0.25, -0.2) is 14.2 Å². The monoisotopic (exact) mass is 516 g/mol. The summed E-state index contributed by atoms with van der Waals surface area (Å²) in [5.74, 6) is -1.32. The van der Waals surface area contributed by atoms with Crippen LogP contribution in [0.2, 0.25) is 5.15 Å². The molecule has 2 aromatic heterocycles. The zero-order chi connectivity index (χ0) is 25.6. The van der Waals surface area contributed by atoms with Crippen LogP contribution in [0.1, 0.15) is 51.8 Å². The Morgan fingerprint density at radius 2 is 1.86 bits per heavy atom. The lowest BCUT2D eigenvalue weighted by atomic mass is 9.97. The largest absolute Gasteiger partial charge is 0.472 e. The van der Waals surface area contributed by atoms with Gasteiger partial charge in [0.1, 0.15) is 17.5 Å². The highest BCUT2D eigenvalue weighted by Gasteiger charge is 2.54. The van der Waals surface area contributed by atoms with Gasteiger partial charge in [-0.1, -0.05) is 11.6 Å². The number of aromatic nitrogens is 2. The van der Waals surface area contributed by atoms with Crippen molar-refractivity contribution in [2.75, 3.05) is 11.4 Å². The molecule has 2 aromatic rings. The molecule has 35 heavy (non-hydrogen) atoms. The number of amides is 1. The Morgan fingerprint density at radius 1 is 1.17 bits per heavy atom. The first-order valence-corrected chi connectivity index (χ1v) is 11.8. The van der Waals surface area contributed by atoms with Crippen molar-refractivity contribution in [1.29, 1.82) is 0 Å². The Hall–Kier alpha value is -2.56. The van der Waals surface area contributed by atoms with Crippen LogP contribution in [0.3, 0.4) is 0 Å². The van der Waals surface area contributed by atoms with Crippen LogP contribution in [0.25, 0.3) is 10.8 Å². The summed E-state index contributed by atoms with van der Waals surface area (Å²) < 4.78 is 68.9. The Labute approximate surface area is 204 Å².